The van der Waals surface area contributed by atoms with Crippen LogP contribution in [-0.4, -0.2) is 31.3 Å². The van der Waals surface area contributed by atoms with Gasteiger partial charge in [-0.2, -0.15) is 0 Å². The van der Waals surface area contributed by atoms with Gasteiger partial charge in [0.2, 0.25) is 0 Å². The molecule has 118 valence electrons. The third-order valence-corrected chi connectivity index (χ3v) is 3.03. The molecule has 0 amide bonds. The second-order valence-electron chi connectivity index (χ2n) is 4.73. The van der Waals surface area contributed by atoms with Crippen molar-refractivity contribution in [2.75, 3.05) is 13.2 Å². The van der Waals surface area contributed by atoms with Gasteiger partial charge in [-0.05, 0) is 33.1 Å². The number of unbranched alkanes of at least 4 members (excludes halogenated alkanes) is 2. The molecule has 0 bridgehead atoms. The number of hydrogen-bond donors (Lipinski definition) is 0. The Bertz CT molecular complexity index is 263. The number of esters is 2. The lowest BCUT2D eigenvalue weighted by atomic mass is 9.99. The van der Waals surface area contributed by atoms with E-state index in [0.29, 0.717) is 6.42 Å². The lowest BCUT2D eigenvalue weighted by Gasteiger charge is -2.15. The molecule has 0 heterocycles. The van der Waals surface area contributed by atoms with Crippen molar-refractivity contribution in [2.45, 2.75) is 65.5 Å². The largest absolute Gasteiger partial charge is 0.465 e. The van der Waals surface area contributed by atoms with Gasteiger partial charge in [-0.1, -0.05) is 26.2 Å². The maximum Gasteiger partial charge on any atom is 0.320 e. The highest BCUT2D eigenvalue weighted by molar-refractivity contribution is 5.94. The van der Waals surface area contributed by atoms with Crippen LogP contribution in [0, 0.1) is 5.92 Å². The molecule has 1 unspecified atom stereocenters. The summed E-state index contributed by atoms with van der Waals surface area (Å²) in [6, 6.07) is 0. The summed E-state index contributed by atoms with van der Waals surface area (Å²) in [6.45, 7) is 5.80. The van der Waals surface area contributed by atoms with E-state index in [1.807, 2.05) is 0 Å². The van der Waals surface area contributed by atoms with Gasteiger partial charge in [0.05, 0.1) is 13.2 Å². The number of halogens is 1. The minimum Gasteiger partial charge on any atom is -0.465 e. The molecule has 0 aliphatic carbocycles. The SMILES string of the molecule is CCCCCC(F)CCC(C(=O)OCC)C(=O)OCC. The fraction of sp³-hybridized carbons (Fsp3) is 0.867. The summed E-state index contributed by atoms with van der Waals surface area (Å²) in [5.74, 6) is -2.24. The maximum absolute atomic E-state index is 13.7. The summed E-state index contributed by atoms with van der Waals surface area (Å²) in [6.07, 6.45) is 2.71. The van der Waals surface area contributed by atoms with Crippen LogP contribution in [0.1, 0.15) is 59.3 Å². The molecule has 0 aliphatic heterocycles. The van der Waals surface area contributed by atoms with Crippen LogP contribution in [0.3, 0.4) is 0 Å². The van der Waals surface area contributed by atoms with Gasteiger partial charge in [0, 0.05) is 0 Å². The zero-order valence-corrected chi connectivity index (χ0v) is 12.8. The van der Waals surface area contributed by atoms with Gasteiger partial charge in [0.15, 0.2) is 5.92 Å². The topological polar surface area (TPSA) is 52.6 Å². The summed E-state index contributed by atoms with van der Waals surface area (Å²) in [5, 5.41) is 0. The summed E-state index contributed by atoms with van der Waals surface area (Å²) in [4.78, 5) is 23.4. The highest BCUT2D eigenvalue weighted by Gasteiger charge is 2.30. The molecule has 0 aromatic carbocycles. The minimum atomic E-state index is -1.00. The third-order valence-electron chi connectivity index (χ3n) is 3.03. The van der Waals surface area contributed by atoms with Gasteiger partial charge in [0.25, 0.3) is 0 Å². The van der Waals surface area contributed by atoms with Crippen molar-refractivity contribution in [3.63, 3.8) is 0 Å². The molecule has 0 radical (unpaired) electrons. The first-order valence-electron chi connectivity index (χ1n) is 7.54. The van der Waals surface area contributed by atoms with Crippen LogP contribution in [0.2, 0.25) is 0 Å². The zero-order chi connectivity index (χ0) is 15.4. The molecule has 0 N–H and O–H groups in total. The summed E-state index contributed by atoms with van der Waals surface area (Å²) in [5.41, 5.74) is 0. The molecule has 1 atom stereocenters. The Morgan fingerprint density at radius 3 is 1.90 bits per heavy atom. The van der Waals surface area contributed by atoms with Crippen molar-refractivity contribution in [1.29, 1.82) is 0 Å². The van der Waals surface area contributed by atoms with Gasteiger partial charge in [-0.15, -0.1) is 0 Å². The third kappa shape index (κ3) is 8.12. The Labute approximate surface area is 121 Å². The molecule has 0 aliphatic rings. The molecule has 5 heteroatoms. The van der Waals surface area contributed by atoms with E-state index in [0.717, 1.165) is 19.3 Å². The molecule has 0 aromatic heterocycles. The summed E-state index contributed by atoms with van der Waals surface area (Å²) < 4.78 is 23.4. The first kappa shape index (κ1) is 18.9. The number of carbonyl (C=O) groups excluding carboxylic acids is 2. The van der Waals surface area contributed by atoms with Gasteiger partial charge in [-0.25, -0.2) is 4.39 Å². The van der Waals surface area contributed by atoms with E-state index in [4.69, 9.17) is 9.47 Å². The monoisotopic (exact) mass is 290 g/mol. The van der Waals surface area contributed by atoms with Gasteiger partial charge in [-0.3, -0.25) is 9.59 Å². The lowest BCUT2D eigenvalue weighted by molar-refractivity contribution is -0.162. The quantitative estimate of drug-likeness (QED) is 0.332. The van der Waals surface area contributed by atoms with Gasteiger partial charge < -0.3 is 9.47 Å². The highest BCUT2D eigenvalue weighted by atomic mass is 19.1. The molecule has 0 aromatic rings. The van der Waals surface area contributed by atoms with E-state index in [-0.39, 0.29) is 26.1 Å². The van der Waals surface area contributed by atoms with Crippen LogP contribution >= 0.6 is 0 Å². The maximum atomic E-state index is 13.7. The molecule has 0 rings (SSSR count). The molecule has 20 heavy (non-hydrogen) atoms. The second-order valence-corrected chi connectivity index (χ2v) is 4.73. The summed E-state index contributed by atoms with van der Waals surface area (Å²) >= 11 is 0. The van der Waals surface area contributed by atoms with E-state index in [1.54, 1.807) is 13.8 Å². The number of hydrogen-bond acceptors (Lipinski definition) is 4. The standard InChI is InChI=1S/C15H27FO4/c1-4-7-8-9-12(16)10-11-13(14(17)19-5-2)15(18)20-6-3/h12-13H,4-11H2,1-3H3. The van der Waals surface area contributed by atoms with E-state index in [2.05, 4.69) is 6.92 Å². The smallest absolute Gasteiger partial charge is 0.320 e. The number of ether oxygens (including phenoxy) is 2. The van der Waals surface area contributed by atoms with E-state index < -0.39 is 24.0 Å². The first-order chi connectivity index (χ1) is 9.56. The van der Waals surface area contributed by atoms with Crippen molar-refractivity contribution in [1.82, 2.24) is 0 Å². The fourth-order valence-electron chi connectivity index (χ4n) is 1.93. The van der Waals surface area contributed by atoms with Crippen LogP contribution < -0.4 is 0 Å². The van der Waals surface area contributed by atoms with Crippen LogP contribution in [0.5, 0.6) is 0 Å². The number of carbonyl (C=O) groups is 2. The van der Waals surface area contributed by atoms with Crippen molar-refractivity contribution in [2.24, 2.45) is 5.92 Å². The van der Waals surface area contributed by atoms with Crippen molar-refractivity contribution in [3.8, 4) is 0 Å². The molecule has 0 saturated carbocycles. The zero-order valence-electron chi connectivity index (χ0n) is 12.8. The van der Waals surface area contributed by atoms with Crippen LogP contribution in [0.4, 0.5) is 4.39 Å². The molecule has 0 fully saturated rings. The molecule has 0 saturated heterocycles. The number of rotatable bonds is 11. The predicted octanol–water partition coefficient (Wildman–Crippen LogP) is 3.43. The Morgan fingerprint density at radius 2 is 1.45 bits per heavy atom. The van der Waals surface area contributed by atoms with E-state index in [1.165, 1.54) is 0 Å². The average Bonchev–Trinajstić information content (AvgIpc) is 2.40. The first-order valence-corrected chi connectivity index (χ1v) is 7.54. The van der Waals surface area contributed by atoms with E-state index in [9.17, 15) is 14.0 Å². The predicted molar refractivity (Wildman–Crippen MR) is 75.0 cm³/mol. The van der Waals surface area contributed by atoms with Crippen LogP contribution in [0.15, 0.2) is 0 Å². The number of alkyl halides is 1. The Morgan fingerprint density at radius 1 is 0.900 bits per heavy atom. The van der Waals surface area contributed by atoms with Crippen molar-refractivity contribution in [3.05, 3.63) is 0 Å². The van der Waals surface area contributed by atoms with Crippen LogP contribution in [-0.2, 0) is 19.1 Å². The van der Waals surface area contributed by atoms with Crippen molar-refractivity contribution >= 4 is 11.9 Å². The normalized spacial score (nSPS) is 12.2. The highest BCUT2D eigenvalue weighted by Crippen LogP contribution is 2.18. The Balaban J connectivity index is 4.27. The molecular formula is C15H27FO4. The van der Waals surface area contributed by atoms with Crippen LogP contribution in [0.25, 0.3) is 0 Å². The second kappa shape index (κ2) is 11.7. The van der Waals surface area contributed by atoms with Gasteiger partial charge >= 0.3 is 11.9 Å². The molecule has 4 nitrogen and oxygen atoms in total. The summed E-state index contributed by atoms with van der Waals surface area (Å²) in [7, 11) is 0. The Kier molecular flexibility index (Phi) is 11.0. The molecule has 0 spiro atoms. The minimum absolute atomic E-state index is 0.144. The average molecular weight is 290 g/mol. The fourth-order valence-corrected chi connectivity index (χ4v) is 1.93. The lowest BCUT2D eigenvalue weighted by Crippen LogP contribution is -2.28. The van der Waals surface area contributed by atoms with Gasteiger partial charge in [0.1, 0.15) is 6.17 Å². The Hall–Kier alpha value is -1.13. The molecular weight excluding hydrogens is 263 g/mol. The van der Waals surface area contributed by atoms with E-state index >= 15 is 0 Å². The van der Waals surface area contributed by atoms with Crippen molar-refractivity contribution < 1.29 is 23.5 Å².